The van der Waals surface area contributed by atoms with Crippen LogP contribution in [0.1, 0.15) is 16.4 Å². The summed E-state index contributed by atoms with van der Waals surface area (Å²) in [6, 6.07) is 4.51. The van der Waals surface area contributed by atoms with Crippen molar-refractivity contribution in [3.63, 3.8) is 0 Å². The fourth-order valence-corrected chi connectivity index (χ4v) is 4.43. The highest BCUT2D eigenvalue weighted by Gasteiger charge is 2.19. The second-order valence-electron chi connectivity index (χ2n) is 6.60. The maximum absolute atomic E-state index is 14.0. The Labute approximate surface area is 166 Å². The number of anilines is 1. The van der Waals surface area contributed by atoms with Gasteiger partial charge in [-0.2, -0.15) is 10.2 Å². The third-order valence-electron chi connectivity index (χ3n) is 4.70. The first-order chi connectivity index (χ1) is 14.0. The second kappa shape index (κ2) is 6.48. The van der Waals surface area contributed by atoms with Crippen LogP contribution in [0.25, 0.3) is 21.3 Å². The first kappa shape index (κ1) is 17.5. The van der Waals surface area contributed by atoms with Crippen LogP contribution in [0.4, 0.5) is 10.2 Å². The van der Waals surface area contributed by atoms with Gasteiger partial charge in [-0.25, -0.2) is 19.0 Å². The summed E-state index contributed by atoms with van der Waals surface area (Å²) in [7, 11) is 1.79. The molecule has 0 bridgehead atoms. The number of aryl methyl sites for hydroxylation is 1. The summed E-state index contributed by atoms with van der Waals surface area (Å²) in [4.78, 5) is 21.6. The van der Waals surface area contributed by atoms with E-state index in [0.29, 0.717) is 21.9 Å². The zero-order chi connectivity index (χ0) is 20.1. The number of aromatic amines is 1. The molecule has 0 fully saturated rings. The minimum atomic E-state index is -0.425. The molecule has 0 amide bonds. The van der Waals surface area contributed by atoms with Crippen molar-refractivity contribution < 1.29 is 4.39 Å². The number of halogens is 1. The minimum Gasteiger partial charge on any atom is -0.384 e. The molecule has 0 saturated carbocycles. The zero-order valence-corrected chi connectivity index (χ0v) is 16.1. The molecule has 146 valence electrons. The maximum atomic E-state index is 14.0. The molecule has 3 N–H and O–H groups in total. The van der Waals surface area contributed by atoms with Gasteiger partial charge >= 0.3 is 0 Å². The molecule has 5 aromatic rings. The van der Waals surface area contributed by atoms with Crippen molar-refractivity contribution in [2.75, 3.05) is 5.73 Å². The van der Waals surface area contributed by atoms with Gasteiger partial charge in [-0.05, 0) is 18.2 Å². The van der Waals surface area contributed by atoms with E-state index in [0.717, 1.165) is 10.1 Å². The number of fused-ring (bicyclic) bond motifs is 3. The van der Waals surface area contributed by atoms with Gasteiger partial charge in [0.05, 0.1) is 28.8 Å². The Balaban J connectivity index is 1.58. The first-order valence-electron chi connectivity index (χ1n) is 8.74. The molecule has 5 heterocycles. The quantitative estimate of drug-likeness (QED) is 0.466. The minimum absolute atomic E-state index is 0.219. The van der Waals surface area contributed by atoms with E-state index in [1.54, 1.807) is 30.1 Å². The average molecular weight is 410 g/mol. The normalized spacial score (nSPS) is 11.7. The lowest BCUT2D eigenvalue weighted by Gasteiger charge is -2.04. The number of nitrogens with one attached hydrogen (secondary N) is 1. The number of pyridine rings is 1. The van der Waals surface area contributed by atoms with Gasteiger partial charge in [0.1, 0.15) is 22.2 Å². The number of rotatable bonds is 4. The van der Waals surface area contributed by atoms with Crippen molar-refractivity contribution in [2.24, 2.45) is 7.05 Å². The standard InChI is InChI=1S/C18H15FN8OS/c1-26-15-10(7-22-27(18(15)28)8-9-4-5-21-25-9)16-17(26)24-14(29-16)6-12-11(19)2-3-13(20)23-12/h2-5,7H,6,8H2,1H3,(H2,20,23)(H,21,25). The summed E-state index contributed by atoms with van der Waals surface area (Å²) in [6.45, 7) is 0.274. The van der Waals surface area contributed by atoms with E-state index in [-0.39, 0.29) is 30.0 Å². The summed E-state index contributed by atoms with van der Waals surface area (Å²) in [5.74, 6) is -0.166. The van der Waals surface area contributed by atoms with E-state index in [1.165, 1.54) is 28.2 Å². The topological polar surface area (TPSA) is 120 Å². The van der Waals surface area contributed by atoms with Gasteiger partial charge in [-0.1, -0.05) is 0 Å². The lowest BCUT2D eigenvalue weighted by molar-refractivity contribution is 0.604. The number of H-pyrrole nitrogens is 1. The van der Waals surface area contributed by atoms with E-state index >= 15 is 0 Å². The number of nitrogen functional groups attached to an aromatic ring is 1. The number of nitrogens with two attached hydrogens (primary N) is 1. The van der Waals surface area contributed by atoms with Crippen molar-refractivity contribution in [1.29, 1.82) is 0 Å². The van der Waals surface area contributed by atoms with Crippen molar-refractivity contribution in [1.82, 2.24) is 34.5 Å². The number of nitrogens with zero attached hydrogens (tertiary/aromatic N) is 6. The van der Waals surface area contributed by atoms with E-state index in [9.17, 15) is 9.18 Å². The highest BCUT2D eigenvalue weighted by molar-refractivity contribution is 7.19. The van der Waals surface area contributed by atoms with Crippen LogP contribution in [0.3, 0.4) is 0 Å². The molecule has 11 heteroatoms. The third-order valence-corrected chi connectivity index (χ3v) is 5.78. The average Bonchev–Trinajstić information content (AvgIpc) is 3.40. The molecule has 0 atom stereocenters. The van der Waals surface area contributed by atoms with Crippen LogP contribution in [0.5, 0.6) is 0 Å². The van der Waals surface area contributed by atoms with Crippen LogP contribution in [0, 0.1) is 5.82 Å². The monoisotopic (exact) mass is 410 g/mol. The third kappa shape index (κ3) is 2.86. The van der Waals surface area contributed by atoms with Crippen molar-refractivity contribution in [2.45, 2.75) is 13.0 Å². The summed E-state index contributed by atoms with van der Waals surface area (Å²) in [5.41, 5.74) is 7.57. The first-order valence-corrected chi connectivity index (χ1v) is 9.56. The highest BCUT2D eigenvalue weighted by atomic mass is 32.1. The summed E-state index contributed by atoms with van der Waals surface area (Å²) < 4.78 is 18.0. The fraction of sp³-hybridized carbons (Fsp3) is 0.167. The zero-order valence-electron chi connectivity index (χ0n) is 15.3. The Bertz CT molecular complexity index is 1420. The Morgan fingerprint density at radius 3 is 2.93 bits per heavy atom. The largest absolute Gasteiger partial charge is 0.384 e. The van der Waals surface area contributed by atoms with Gasteiger partial charge in [0.15, 0.2) is 5.65 Å². The van der Waals surface area contributed by atoms with Crippen LogP contribution in [-0.4, -0.2) is 34.5 Å². The Morgan fingerprint density at radius 1 is 1.28 bits per heavy atom. The molecule has 0 spiro atoms. The molecule has 0 aromatic carbocycles. The molecule has 0 saturated heterocycles. The molecular formula is C18H15FN8OS. The molecular weight excluding hydrogens is 395 g/mol. The molecule has 0 aliphatic heterocycles. The number of hydrogen-bond acceptors (Lipinski definition) is 7. The highest BCUT2D eigenvalue weighted by Crippen LogP contribution is 2.31. The summed E-state index contributed by atoms with van der Waals surface area (Å²) in [6.07, 6.45) is 3.58. The summed E-state index contributed by atoms with van der Waals surface area (Å²) in [5, 5.41) is 12.5. The Kier molecular flexibility index (Phi) is 3.91. The van der Waals surface area contributed by atoms with E-state index in [2.05, 4.69) is 25.3 Å². The van der Waals surface area contributed by atoms with Crippen molar-refractivity contribution in [3.8, 4) is 0 Å². The lowest BCUT2D eigenvalue weighted by atomic mass is 10.2. The van der Waals surface area contributed by atoms with Crippen molar-refractivity contribution >= 4 is 38.4 Å². The Hall–Kier alpha value is -3.60. The van der Waals surface area contributed by atoms with Gasteiger partial charge in [-0.3, -0.25) is 9.89 Å². The molecule has 9 nitrogen and oxygen atoms in total. The van der Waals surface area contributed by atoms with Crippen LogP contribution < -0.4 is 11.3 Å². The lowest BCUT2D eigenvalue weighted by Crippen LogP contribution is -2.24. The smallest absolute Gasteiger partial charge is 0.291 e. The predicted octanol–water partition coefficient (Wildman–Crippen LogP) is 1.82. The van der Waals surface area contributed by atoms with Gasteiger partial charge in [0.25, 0.3) is 5.56 Å². The van der Waals surface area contributed by atoms with Crippen LogP contribution >= 0.6 is 11.3 Å². The number of aromatic nitrogens is 7. The summed E-state index contributed by atoms with van der Waals surface area (Å²) >= 11 is 1.39. The second-order valence-corrected chi connectivity index (χ2v) is 7.68. The fourth-order valence-electron chi connectivity index (χ4n) is 3.32. The molecule has 0 aliphatic carbocycles. The predicted molar refractivity (Wildman–Crippen MR) is 107 cm³/mol. The van der Waals surface area contributed by atoms with E-state index < -0.39 is 5.82 Å². The Morgan fingerprint density at radius 2 is 2.14 bits per heavy atom. The molecule has 5 rings (SSSR count). The SMILES string of the molecule is Cn1c2nc(Cc3nc(N)ccc3F)sc2c2cnn(Cc3cc[nH]n3)c(=O)c21. The maximum Gasteiger partial charge on any atom is 0.291 e. The van der Waals surface area contributed by atoms with Gasteiger partial charge in [0.2, 0.25) is 0 Å². The van der Waals surface area contributed by atoms with Crippen LogP contribution in [0.15, 0.2) is 35.4 Å². The van der Waals surface area contributed by atoms with Gasteiger partial charge in [0, 0.05) is 25.1 Å². The molecule has 0 radical (unpaired) electrons. The van der Waals surface area contributed by atoms with Crippen LogP contribution in [-0.2, 0) is 20.0 Å². The number of thiazole rings is 1. The van der Waals surface area contributed by atoms with E-state index in [1.807, 2.05) is 0 Å². The van der Waals surface area contributed by atoms with Gasteiger partial charge < -0.3 is 10.3 Å². The number of hydrogen-bond donors (Lipinski definition) is 2. The molecule has 0 aliphatic rings. The van der Waals surface area contributed by atoms with E-state index in [4.69, 9.17) is 5.73 Å². The molecule has 5 aromatic heterocycles. The molecule has 0 unspecified atom stereocenters. The van der Waals surface area contributed by atoms with Gasteiger partial charge in [-0.15, -0.1) is 11.3 Å². The van der Waals surface area contributed by atoms with Crippen LogP contribution in [0.2, 0.25) is 0 Å². The molecule has 29 heavy (non-hydrogen) atoms. The van der Waals surface area contributed by atoms with Crippen molar-refractivity contribution in [3.05, 3.63) is 63.2 Å².